The molecule has 2 nitrogen and oxygen atoms in total. The van der Waals surface area contributed by atoms with E-state index in [-0.39, 0.29) is 0 Å². The lowest BCUT2D eigenvalue weighted by atomic mass is 10.2. The van der Waals surface area contributed by atoms with Crippen LogP contribution in [0.15, 0.2) is 29.2 Å². The summed E-state index contributed by atoms with van der Waals surface area (Å²) in [5, 5.41) is 3.51. The maximum Gasteiger partial charge on any atom is 0.0966 e. The van der Waals surface area contributed by atoms with Gasteiger partial charge in [-0.3, -0.25) is 0 Å². The maximum atomic E-state index is 5.31. The lowest BCUT2D eigenvalue weighted by Crippen LogP contribution is -2.14. The molecule has 2 rings (SSSR count). The quantitative estimate of drug-likeness (QED) is 0.447. The predicted octanol–water partition coefficient (Wildman–Crippen LogP) is 3.02. The molecule has 0 bridgehead atoms. The van der Waals surface area contributed by atoms with Gasteiger partial charge in [0.25, 0.3) is 0 Å². The van der Waals surface area contributed by atoms with Gasteiger partial charge in [-0.15, -0.1) is 0 Å². The van der Waals surface area contributed by atoms with Crippen molar-refractivity contribution in [3.05, 3.63) is 29.8 Å². The average molecular weight is 237 g/mol. The van der Waals surface area contributed by atoms with E-state index in [2.05, 4.69) is 29.6 Å². The molecule has 88 valence electrons. The second kappa shape index (κ2) is 6.28. The average Bonchev–Trinajstić information content (AvgIpc) is 3.12. The van der Waals surface area contributed by atoms with Crippen LogP contribution in [0.4, 0.5) is 0 Å². The molecule has 1 aromatic rings. The van der Waals surface area contributed by atoms with E-state index in [1.54, 1.807) is 11.8 Å². The molecule has 1 aliphatic carbocycles. The van der Waals surface area contributed by atoms with Crippen molar-refractivity contribution in [2.24, 2.45) is 0 Å². The number of thioether (sulfide) groups is 1. The van der Waals surface area contributed by atoms with Gasteiger partial charge in [-0.1, -0.05) is 23.9 Å². The van der Waals surface area contributed by atoms with Crippen LogP contribution in [0, 0.1) is 0 Å². The molecule has 16 heavy (non-hydrogen) atoms. The molecule has 0 heterocycles. The minimum atomic E-state index is 0.746. The minimum Gasteiger partial charge on any atom is -0.371 e. The number of benzene rings is 1. The summed E-state index contributed by atoms with van der Waals surface area (Å²) in [5.74, 6) is 0.746. The summed E-state index contributed by atoms with van der Waals surface area (Å²) in [6.07, 6.45) is 2.70. The molecular weight excluding hydrogens is 218 g/mol. The summed E-state index contributed by atoms with van der Waals surface area (Å²) >= 11 is 1.75. The summed E-state index contributed by atoms with van der Waals surface area (Å²) in [7, 11) is 0. The van der Waals surface area contributed by atoms with Crippen molar-refractivity contribution in [3.63, 3.8) is 0 Å². The Hall–Kier alpha value is -0.510. The van der Waals surface area contributed by atoms with Gasteiger partial charge in [0, 0.05) is 24.1 Å². The van der Waals surface area contributed by atoms with E-state index >= 15 is 0 Å². The number of ether oxygens (including phenoxy) is 1. The third-order valence-corrected chi connectivity index (χ3v) is 3.50. The second-order valence-electron chi connectivity index (χ2n) is 4.05. The molecule has 1 saturated carbocycles. The molecule has 1 N–H and O–H groups in total. The van der Waals surface area contributed by atoms with Gasteiger partial charge < -0.3 is 10.1 Å². The van der Waals surface area contributed by atoms with Gasteiger partial charge in [0.15, 0.2) is 0 Å². The second-order valence-corrected chi connectivity index (χ2v) is 5.05. The number of hydrogen-bond acceptors (Lipinski definition) is 3. The van der Waals surface area contributed by atoms with Crippen LogP contribution in [-0.4, -0.2) is 18.6 Å². The lowest BCUT2D eigenvalue weighted by Gasteiger charge is -2.05. The number of hydrogen-bond donors (Lipinski definition) is 1. The van der Waals surface area contributed by atoms with E-state index < -0.39 is 0 Å². The Morgan fingerprint density at radius 2 is 2.06 bits per heavy atom. The third-order valence-electron chi connectivity index (χ3n) is 2.61. The Labute approximate surface area is 102 Å². The van der Waals surface area contributed by atoms with Crippen molar-refractivity contribution in [2.45, 2.75) is 37.2 Å². The Bertz CT molecular complexity index is 308. The van der Waals surface area contributed by atoms with Crippen molar-refractivity contribution in [3.8, 4) is 0 Å². The molecule has 0 aliphatic heterocycles. The zero-order valence-corrected chi connectivity index (χ0v) is 10.6. The molecular formula is C13H19NOS. The third kappa shape index (κ3) is 4.16. The SMILES string of the molecule is CCOCSc1ccc(CNC2CC2)cc1. The summed E-state index contributed by atoms with van der Waals surface area (Å²) < 4.78 is 5.31. The smallest absolute Gasteiger partial charge is 0.0966 e. The number of nitrogens with one attached hydrogen (secondary N) is 1. The first-order valence-corrected chi connectivity index (χ1v) is 6.90. The molecule has 0 atom stereocenters. The van der Waals surface area contributed by atoms with Crippen molar-refractivity contribution in [1.29, 1.82) is 0 Å². The standard InChI is InChI=1S/C13H19NOS/c1-2-15-10-16-13-7-3-11(4-8-13)9-14-12-5-6-12/h3-4,7-8,12,14H,2,5-6,9-10H2,1H3. The van der Waals surface area contributed by atoms with E-state index in [0.717, 1.165) is 25.1 Å². The monoisotopic (exact) mass is 237 g/mol. The first-order valence-electron chi connectivity index (χ1n) is 5.91. The molecule has 1 aromatic carbocycles. The van der Waals surface area contributed by atoms with Crippen LogP contribution in [0.5, 0.6) is 0 Å². The molecule has 3 heteroatoms. The molecule has 1 fully saturated rings. The fourth-order valence-electron chi connectivity index (χ4n) is 1.45. The molecule has 0 radical (unpaired) electrons. The van der Waals surface area contributed by atoms with Crippen molar-refractivity contribution >= 4 is 11.8 Å². The van der Waals surface area contributed by atoms with Crippen LogP contribution in [-0.2, 0) is 11.3 Å². The zero-order valence-electron chi connectivity index (χ0n) is 9.74. The summed E-state index contributed by atoms with van der Waals surface area (Å²) in [4.78, 5) is 1.28. The van der Waals surface area contributed by atoms with E-state index in [9.17, 15) is 0 Å². The highest BCUT2D eigenvalue weighted by Gasteiger charge is 2.19. The maximum absolute atomic E-state index is 5.31. The van der Waals surface area contributed by atoms with Gasteiger partial charge >= 0.3 is 0 Å². The predicted molar refractivity (Wildman–Crippen MR) is 68.7 cm³/mol. The van der Waals surface area contributed by atoms with Gasteiger partial charge in [-0.25, -0.2) is 0 Å². The Morgan fingerprint density at radius 3 is 2.69 bits per heavy atom. The van der Waals surface area contributed by atoms with Gasteiger partial charge in [0.05, 0.1) is 5.94 Å². The van der Waals surface area contributed by atoms with E-state index in [1.165, 1.54) is 23.3 Å². The van der Waals surface area contributed by atoms with Crippen LogP contribution in [0.3, 0.4) is 0 Å². The molecule has 0 unspecified atom stereocenters. The zero-order chi connectivity index (χ0) is 11.2. The van der Waals surface area contributed by atoms with Gasteiger partial charge in [0.1, 0.15) is 0 Å². The van der Waals surface area contributed by atoms with Gasteiger partial charge in [-0.2, -0.15) is 0 Å². The highest BCUT2D eigenvalue weighted by atomic mass is 32.2. The van der Waals surface area contributed by atoms with E-state index in [4.69, 9.17) is 4.74 Å². The lowest BCUT2D eigenvalue weighted by molar-refractivity contribution is 0.199. The largest absolute Gasteiger partial charge is 0.371 e. The van der Waals surface area contributed by atoms with Crippen molar-refractivity contribution in [2.75, 3.05) is 12.5 Å². The van der Waals surface area contributed by atoms with Crippen LogP contribution in [0.2, 0.25) is 0 Å². The first kappa shape index (κ1) is 12.0. The topological polar surface area (TPSA) is 21.3 Å². The fourth-order valence-corrected chi connectivity index (χ4v) is 2.16. The summed E-state index contributed by atoms with van der Waals surface area (Å²) in [6, 6.07) is 9.53. The van der Waals surface area contributed by atoms with Crippen LogP contribution in [0.25, 0.3) is 0 Å². The van der Waals surface area contributed by atoms with Gasteiger partial charge in [0.2, 0.25) is 0 Å². The molecule has 0 saturated heterocycles. The normalized spacial score (nSPS) is 15.3. The summed E-state index contributed by atoms with van der Waals surface area (Å²) in [5.41, 5.74) is 1.37. The fraction of sp³-hybridized carbons (Fsp3) is 0.538. The Kier molecular flexibility index (Phi) is 4.69. The van der Waals surface area contributed by atoms with Crippen LogP contribution >= 0.6 is 11.8 Å². The van der Waals surface area contributed by atoms with Crippen LogP contribution in [0.1, 0.15) is 25.3 Å². The number of rotatable bonds is 7. The van der Waals surface area contributed by atoms with Gasteiger partial charge in [-0.05, 0) is 37.5 Å². The molecule has 0 spiro atoms. The molecule has 0 amide bonds. The minimum absolute atomic E-state index is 0.746. The highest BCUT2D eigenvalue weighted by Crippen LogP contribution is 2.21. The molecule has 0 aromatic heterocycles. The Morgan fingerprint density at radius 1 is 1.31 bits per heavy atom. The van der Waals surface area contributed by atoms with E-state index in [0.29, 0.717) is 0 Å². The summed E-state index contributed by atoms with van der Waals surface area (Å²) in [6.45, 7) is 3.81. The van der Waals surface area contributed by atoms with Crippen LogP contribution < -0.4 is 5.32 Å². The molecule has 1 aliphatic rings. The first-order chi connectivity index (χ1) is 7.88. The van der Waals surface area contributed by atoms with Crippen molar-refractivity contribution in [1.82, 2.24) is 5.32 Å². The Balaban J connectivity index is 1.74. The van der Waals surface area contributed by atoms with E-state index in [1.807, 2.05) is 6.92 Å². The highest BCUT2D eigenvalue weighted by molar-refractivity contribution is 7.99. The van der Waals surface area contributed by atoms with Crippen molar-refractivity contribution < 1.29 is 4.74 Å².